The molecule has 312 valence electrons. The Labute approximate surface area is 341 Å². The van der Waals surface area contributed by atoms with Gasteiger partial charge in [-0.05, 0) is 127 Å². The summed E-state index contributed by atoms with van der Waals surface area (Å²) in [7, 11) is 0. The van der Waals surface area contributed by atoms with E-state index in [1.807, 2.05) is 0 Å². The van der Waals surface area contributed by atoms with Crippen LogP contribution in [0, 0.1) is 17.2 Å². The summed E-state index contributed by atoms with van der Waals surface area (Å²) < 4.78 is 41.7. The Morgan fingerprint density at radius 2 is 1.72 bits per heavy atom. The molecule has 1 saturated carbocycles. The fourth-order valence-corrected chi connectivity index (χ4v) is 9.98. The van der Waals surface area contributed by atoms with Gasteiger partial charge >= 0.3 is 12.2 Å². The first-order valence-electron chi connectivity index (χ1n) is 20.0. The van der Waals surface area contributed by atoms with E-state index in [2.05, 4.69) is 39.3 Å². The molecule has 1 aromatic carbocycles. The molecule has 1 aliphatic carbocycles. The van der Waals surface area contributed by atoms with Crippen LogP contribution in [0.1, 0.15) is 108 Å². The van der Waals surface area contributed by atoms with Crippen LogP contribution in [0.5, 0.6) is 0 Å². The molecule has 6 amide bonds. The van der Waals surface area contributed by atoms with E-state index in [1.165, 1.54) is 6.07 Å². The molecule has 3 saturated heterocycles. The van der Waals surface area contributed by atoms with Gasteiger partial charge in [-0.1, -0.05) is 12.8 Å². The van der Waals surface area contributed by atoms with E-state index < -0.39 is 40.7 Å². The molecule has 17 heteroatoms. The van der Waals surface area contributed by atoms with E-state index in [1.54, 1.807) is 43.1 Å². The number of alkyl halides is 3. The molecule has 3 aliphatic heterocycles. The number of carbonyl (C=O) groups excluding carboxylic acids is 5. The van der Waals surface area contributed by atoms with Gasteiger partial charge in [0.25, 0.3) is 5.91 Å². The van der Waals surface area contributed by atoms with Crippen LogP contribution in [0.15, 0.2) is 41.4 Å². The standard InChI is InChI=1S/C41H51F3N8O5S/c1-25-22-49(23-26(2)50(25)24-36(54)47-34-19-28(16-17-46-34)32-14-15-35(53)48-37(32)55)18-6-5-7-27-8-11-30(12-9-27)51-39(57)52(38(56)40(51,3)4)58-31-13-10-29(21-45)33(20-31)41(42,43)44/h10,13,16-17,19-20,25-27,30,32H,5-9,11-12,14-15,18,22-24H2,1-4H3,(H,46,47,54)(H,48,53,55)/t25-,26+,27?,30?,32?. The number of piperazine rings is 1. The number of piperidine rings is 1. The number of urea groups is 1. The zero-order chi connectivity index (χ0) is 41.9. The summed E-state index contributed by atoms with van der Waals surface area (Å²) in [6, 6.07) is 7.80. The highest BCUT2D eigenvalue weighted by Gasteiger charge is 2.54. The third kappa shape index (κ3) is 9.66. The lowest BCUT2D eigenvalue weighted by Gasteiger charge is -2.44. The molecule has 2 aromatic rings. The number of rotatable bonds is 12. The van der Waals surface area contributed by atoms with Crippen LogP contribution in [0.4, 0.5) is 23.8 Å². The number of benzene rings is 1. The number of halogens is 3. The summed E-state index contributed by atoms with van der Waals surface area (Å²) in [4.78, 5) is 74.6. The zero-order valence-corrected chi connectivity index (χ0v) is 34.1. The van der Waals surface area contributed by atoms with E-state index in [0.717, 1.165) is 81.0 Å². The molecule has 1 aromatic heterocycles. The number of hydrogen-bond acceptors (Lipinski definition) is 10. The molecule has 3 atom stereocenters. The fraction of sp³-hybridized carbons (Fsp3) is 0.585. The fourth-order valence-electron chi connectivity index (χ4n) is 9.00. The van der Waals surface area contributed by atoms with Gasteiger partial charge in [0.15, 0.2) is 0 Å². The zero-order valence-electron chi connectivity index (χ0n) is 33.3. The van der Waals surface area contributed by atoms with Crippen molar-refractivity contribution in [3.63, 3.8) is 0 Å². The topological polar surface area (TPSA) is 159 Å². The van der Waals surface area contributed by atoms with Gasteiger partial charge in [0, 0.05) is 48.7 Å². The highest BCUT2D eigenvalue weighted by Crippen LogP contribution is 2.43. The van der Waals surface area contributed by atoms with Crippen molar-refractivity contribution >= 4 is 47.4 Å². The molecule has 13 nitrogen and oxygen atoms in total. The number of nitrogens with zero attached hydrogens (tertiary/aromatic N) is 6. The van der Waals surface area contributed by atoms with Gasteiger partial charge in [-0.25, -0.2) is 9.78 Å². The van der Waals surface area contributed by atoms with Crippen molar-refractivity contribution in [3.8, 4) is 6.07 Å². The van der Waals surface area contributed by atoms with Gasteiger partial charge in [-0.3, -0.25) is 29.4 Å². The monoisotopic (exact) mass is 824 g/mol. The van der Waals surface area contributed by atoms with Crippen molar-refractivity contribution < 1.29 is 37.1 Å². The number of unbranched alkanes of at least 4 members (excludes halogenated alkanes) is 1. The number of aromatic nitrogens is 1. The summed E-state index contributed by atoms with van der Waals surface area (Å²) in [5.41, 5.74) is -2.07. The van der Waals surface area contributed by atoms with Crippen LogP contribution in [0.2, 0.25) is 0 Å². The van der Waals surface area contributed by atoms with Crippen molar-refractivity contribution in [2.45, 2.75) is 126 Å². The lowest BCUT2D eigenvalue weighted by molar-refractivity contribution is -0.138. The predicted octanol–water partition coefficient (Wildman–Crippen LogP) is 6.30. The maximum Gasteiger partial charge on any atom is 0.417 e. The van der Waals surface area contributed by atoms with Gasteiger partial charge in [0.1, 0.15) is 11.4 Å². The number of anilines is 1. The van der Waals surface area contributed by atoms with Gasteiger partial charge in [-0.15, -0.1) is 0 Å². The van der Waals surface area contributed by atoms with Crippen LogP contribution >= 0.6 is 11.9 Å². The van der Waals surface area contributed by atoms with Crippen LogP contribution in [-0.4, -0.2) is 103 Å². The van der Waals surface area contributed by atoms with Crippen molar-refractivity contribution in [1.29, 1.82) is 5.26 Å². The predicted molar refractivity (Wildman–Crippen MR) is 210 cm³/mol. The van der Waals surface area contributed by atoms with E-state index in [-0.39, 0.29) is 53.7 Å². The number of carbonyl (C=O) groups is 5. The Hall–Kier alpha value is -4.53. The van der Waals surface area contributed by atoms with Crippen molar-refractivity contribution in [2.24, 2.45) is 5.92 Å². The van der Waals surface area contributed by atoms with Crippen LogP contribution in [0.3, 0.4) is 0 Å². The molecule has 58 heavy (non-hydrogen) atoms. The molecular weight excluding hydrogens is 774 g/mol. The normalized spacial score (nSPS) is 25.8. The van der Waals surface area contributed by atoms with Gasteiger partial charge in [-0.2, -0.15) is 22.7 Å². The second-order valence-corrected chi connectivity index (χ2v) is 17.6. The molecule has 4 aliphatic rings. The van der Waals surface area contributed by atoms with Crippen molar-refractivity contribution in [1.82, 2.24) is 29.3 Å². The Morgan fingerprint density at radius 1 is 1.02 bits per heavy atom. The van der Waals surface area contributed by atoms with Crippen LogP contribution < -0.4 is 10.6 Å². The maximum atomic E-state index is 13.6. The van der Waals surface area contributed by atoms with E-state index >= 15 is 0 Å². The van der Waals surface area contributed by atoms with Gasteiger partial charge in [0.2, 0.25) is 17.7 Å². The minimum Gasteiger partial charge on any atom is -0.310 e. The number of imide groups is 2. The molecular formula is C41H51F3N8O5S. The van der Waals surface area contributed by atoms with Crippen LogP contribution in [-0.2, 0) is 25.4 Å². The number of hydrogen-bond donors (Lipinski definition) is 2. The summed E-state index contributed by atoms with van der Waals surface area (Å²) in [5.74, 6) is -0.860. The first-order chi connectivity index (χ1) is 27.5. The Balaban J connectivity index is 0.917. The number of amides is 6. The lowest BCUT2D eigenvalue weighted by atomic mass is 9.81. The summed E-state index contributed by atoms with van der Waals surface area (Å²) in [6.45, 7) is 10.5. The minimum atomic E-state index is -4.75. The molecule has 6 rings (SSSR count). The first kappa shape index (κ1) is 43.1. The smallest absolute Gasteiger partial charge is 0.310 e. The Morgan fingerprint density at radius 3 is 2.38 bits per heavy atom. The Kier molecular flexibility index (Phi) is 13.2. The first-order valence-corrected chi connectivity index (χ1v) is 20.8. The van der Waals surface area contributed by atoms with Crippen LogP contribution in [0.25, 0.3) is 0 Å². The van der Waals surface area contributed by atoms with E-state index in [4.69, 9.17) is 5.26 Å². The van der Waals surface area contributed by atoms with E-state index in [9.17, 15) is 37.1 Å². The largest absolute Gasteiger partial charge is 0.417 e. The van der Waals surface area contributed by atoms with E-state index in [0.29, 0.717) is 35.7 Å². The van der Waals surface area contributed by atoms with Crippen molar-refractivity contribution in [2.75, 3.05) is 31.5 Å². The molecule has 1 unspecified atom stereocenters. The molecule has 0 spiro atoms. The van der Waals surface area contributed by atoms with Crippen molar-refractivity contribution in [3.05, 3.63) is 53.2 Å². The molecule has 0 bridgehead atoms. The molecule has 0 radical (unpaired) electrons. The molecule has 2 N–H and O–H groups in total. The number of nitriles is 1. The lowest BCUT2D eigenvalue weighted by Crippen LogP contribution is -2.58. The average Bonchev–Trinajstić information content (AvgIpc) is 3.33. The summed E-state index contributed by atoms with van der Waals surface area (Å²) in [5, 5.41) is 14.4. The Bertz CT molecular complexity index is 1940. The maximum absolute atomic E-state index is 13.6. The highest BCUT2D eigenvalue weighted by molar-refractivity contribution is 7.98. The van der Waals surface area contributed by atoms with Gasteiger partial charge < -0.3 is 15.1 Å². The van der Waals surface area contributed by atoms with Gasteiger partial charge in [0.05, 0.1) is 29.7 Å². The number of nitrogens with one attached hydrogen (secondary N) is 2. The second-order valence-electron chi connectivity index (χ2n) is 16.5. The summed E-state index contributed by atoms with van der Waals surface area (Å²) in [6.07, 6.45) is 3.99. The third-order valence-corrected chi connectivity index (χ3v) is 13.0. The molecule has 4 fully saturated rings. The minimum absolute atomic E-state index is 0.0499. The second kappa shape index (κ2) is 17.8. The number of pyridine rings is 1. The highest BCUT2D eigenvalue weighted by atomic mass is 32.2. The summed E-state index contributed by atoms with van der Waals surface area (Å²) >= 11 is 0.659. The third-order valence-electron chi connectivity index (χ3n) is 12.0. The molecule has 4 heterocycles. The SMILES string of the molecule is C[C@@H]1CN(CCCCC2CCC(N3C(=O)N(Sc4ccc(C#N)c(C(F)(F)F)c4)C(=O)C3(C)C)CC2)C[C@H](C)N1CC(=O)Nc1cc(C2CCC(=O)NC2=O)ccn1. The quantitative estimate of drug-likeness (QED) is 0.108. The average molecular weight is 825 g/mol.